The molecule has 1 saturated carbocycles. The number of anilines is 1. The van der Waals surface area contributed by atoms with E-state index >= 15 is 0 Å². The smallest absolute Gasteiger partial charge is 0.252 e. The van der Waals surface area contributed by atoms with E-state index in [4.69, 9.17) is 9.47 Å². The van der Waals surface area contributed by atoms with Crippen molar-refractivity contribution in [3.05, 3.63) is 77.4 Å². The van der Waals surface area contributed by atoms with Crippen LogP contribution in [0.4, 0.5) is 5.69 Å². The third-order valence-electron chi connectivity index (χ3n) is 8.86. The number of nitrogens with zero attached hydrogens (tertiary/aromatic N) is 1. The van der Waals surface area contributed by atoms with E-state index in [1.165, 1.54) is 37.0 Å². The number of carbonyl (C=O) groups excluding carboxylic acids is 2. The first-order valence-corrected chi connectivity index (χ1v) is 15.2. The van der Waals surface area contributed by atoms with Gasteiger partial charge in [-0.1, -0.05) is 37.5 Å². The number of nitrogens with one attached hydrogen (secondary N) is 2. The van der Waals surface area contributed by atoms with E-state index in [9.17, 15) is 19.8 Å². The number of fused-ring (bicyclic) bond motifs is 5. The number of ether oxygens (including phenoxy) is 2. The molecule has 0 bridgehead atoms. The molecule has 2 aliphatic rings. The first kappa shape index (κ1) is 29.7. The molecule has 1 aliphatic carbocycles. The largest absolute Gasteiger partial charge is 0.497 e. The van der Waals surface area contributed by atoms with Crippen molar-refractivity contribution in [3.8, 4) is 22.8 Å². The number of aliphatic hydroxyl groups is 2. The van der Waals surface area contributed by atoms with Crippen LogP contribution in [0.3, 0.4) is 0 Å². The molecule has 1 fully saturated rings. The Morgan fingerprint density at radius 2 is 1.75 bits per heavy atom. The van der Waals surface area contributed by atoms with Gasteiger partial charge in [-0.05, 0) is 74.6 Å². The van der Waals surface area contributed by atoms with E-state index in [0.29, 0.717) is 35.9 Å². The quantitative estimate of drug-likeness (QED) is 0.197. The molecule has 0 unspecified atom stereocenters. The summed E-state index contributed by atoms with van der Waals surface area (Å²) in [5, 5.41) is 25.5. The summed E-state index contributed by atoms with van der Waals surface area (Å²) < 4.78 is 14.0. The molecule has 230 valence electrons. The molecular formula is C35H39N3O6. The molecule has 4 N–H and O–H groups in total. The molecule has 4 aromatic rings. The van der Waals surface area contributed by atoms with Crippen LogP contribution < -0.4 is 20.1 Å². The van der Waals surface area contributed by atoms with E-state index in [-0.39, 0.29) is 5.91 Å². The Hall–Kier alpha value is -4.34. The lowest BCUT2D eigenvalue weighted by atomic mass is 9.81. The average Bonchev–Trinajstić information content (AvgIpc) is 3.22. The van der Waals surface area contributed by atoms with E-state index in [0.717, 1.165) is 46.5 Å². The Kier molecular flexibility index (Phi) is 8.09. The monoisotopic (exact) mass is 597 g/mol. The highest BCUT2D eigenvalue weighted by atomic mass is 16.5. The molecule has 0 atom stereocenters. The number of hydrogen-bond acceptors (Lipinski definition) is 6. The number of carbonyl (C=O) groups is 2. The number of benzene rings is 3. The summed E-state index contributed by atoms with van der Waals surface area (Å²) in [5.41, 5.74) is 4.53. The highest BCUT2D eigenvalue weighted by Gasteiger charge is 2.32. The molecule has 0 saturated heterocycles. The topological polar surface area (TPSA) is 122 Å². The summed E-state index contributed by atoms with van der Waals surface area (Å²) in [6.45, 7) is 4.43. The lowest BCUT2D eigenvalue weighted by molar-refractivity contribution is -0.120. The normalized spacial score (nSPS) is 15.2. The predicted octanol–water partition coefficient (Wildman–Crippen LogP) is 5.89. The first-order valence-electron chi connectivity index (χ1n) is 15.2. The zero-order valence-electron chi connectivity index (χ0n) is 25.4. The maximum absolute atomic E-state index is 13.6. The Labute approximate surface area is 256 Å². The number of methoxy groups -OCH3 is 1. The number of aromatic nitrogens is 1. The summed E-state index contributed by atoms with van der Waals surface area (Å²) in [6.07, 6.45) is 4.34. The van der Waals surface area contributed by atoms with E-state index in [1.54, 1.807) is 33.1 Å². The van der Waals surface area contributed by atoms with Crippen LogP contribution in [0.5, 0.6) is 11.5 Å². The van der Waals surface area contributed by atoms with Crippen LogP contribution >= 0.6 is 0 Å². The molecule has 9 nitrogen and oxygen atoms in total. The van der Waals surface area contributed by atoms with Gasteiger partial charge in [0.2, 0.25) is 5.91 Å². The molecule has 3 aromatic carbocycles. The van der Waals surface area contributed by atoms with Crippen molar-refractivity contribution in [2.24, 2.45) is 0 Å². The lowest BCUT2D eigenvalue weighted by Crippen LogP contribution is -2.52. The molecule has 0 radical (unpaired) electrons. The number of amides is 2. The summed E-state index contributed by atoms with van der Waals surface area (Å²) in [5.74, 6) is 1.22. The van der Waals surface area contributed by atoms with Crippen LogP contribution in [0, 0.1) is 0 Å². The van der Waals surface area contributed by atoms with Gasteiger partial charge in [-0.25, -0.2) is 0 Å². The Morgan fingerprint density at radius 1 is 1.00 bits per heavy atom. The van der Waals surface area contributed by atoms with E-state index in [1.807, 2.05) is 24.3 Å². The SMILES string of the molecule is COc1ccc2c(c1)OCCn1c-2c(C2CCCCC2)c2ccc(C(=O)NC(C)(C)C(=O)Nc3ccc(C(O)O)cc3)cc21. The molecule has 2 heterocycles. The van der Waals surface area contributed by atoms with Gasteiger partial charge in [0.15, 0.2) is 6.29 Å². The number of rotatable bonds is 7. The minimum absolute atomic E-state index is 0.315. The van der Waals surface area contributed by atoms with Crippen molar-refractivity contribution in [1.82, 2.24) is 9.88 Å². The van der Waals surface area contributed by atoms with Crippen molar-refractivity contribution < 1.29 is 29.3 Å². The summed E-state index contributed by atoms with van der Waals surface area (Å²) >= 11 is 0. The molecular weight excluding hydrogens is 558 g/mol. The van der Waals surface area contributed by atoms with Gasteiger partial charge in [-0.3, -0.25) is 9.59 Å². The third-order valence-corrected chi connectivity index (χ3v) is 8.86. The van der Waals surface area contributed by atoms with Crippen LogP contribution in [0.1, 0.15) is 79.6 Å². The van der Waals surface area contributed by atoms with E-state index in [2.05, 4.69) is 27.3 Å². The molecule has 0 spiro atoms. The van der Waals surface area contributed by atoms with Crippen molar-refractivity contribution in [2.45, 2.75) is 70.2 Å². The number of hydrogen-bond donors (Lipinski definition) is 4. The zero-order chi connectivity index (χ0) is 31.0. The zero-order valence-corrected chi connectivity index (χ0v) is 25.4. The Bertz CT molecular complexity index is 1700. The van der Waals surface area contributed by atoms with Gasteiger partial charge in [-0.15, -0.1) is 0 Å². The van der Waals surface area contributed by atoms with Crippen molar-refractivity contribution in [2.75, 3.05) is 19.0 Å². The highest BCUT2D eigenvalue weighted by molar-refractivity contribution is 6.05. The second-order valence-electron chi connectivity index (χ2n) is 12.2. The fourth-order valence-corrected chi connectivity index (χ4v) is 6.47. The van der Waals surface area contributed by atoms with Crippen molar-refractivity contribution in [3.63, 3.8) is 0 Å². The van der Waals surface area contributed by atoms with Crippen LogP contribution in [0.15, 0.2) is 60.7 Å². The molecule has 2 amide bonds. The summed E-state index contributed by atoms with van der Waals surface area (Å²) in [4.78, 5) is 26.8. The fourth-order valence-electron chi connectivity index (χ4n) is 6.47. The third kappa shape index (κ3) is 5.65. The Morgan fingerprint density at radius 3 is 2.45 bits per heavy atom. The standard InChI is InChI=1S/C35H39N3O6/c1-35(2,34(42)36-24-12-9-22(10-13-24)33(40)41)37-32(39)23-11-15-26-28(19-23)38-17-18-44-29-20-25(43-3)14-16-27(29)31(38)30(26)21-7-5-4-6-8-21/h9-16,19-21,33,40-41H,4-8,17-18H2,1-3H3,(H,36,42)(H,37,39). The summed E-state index contributed by atoms with van der Waals surface area (Å²) in [7, 11) is 1.65. The second-order valence-corrected chi connectivity index (χ2v) is 12.2. The average molecular weight is 598 g/mol. The van der Waals surface area contributed by atoms with Crippen LogP contribution in [0.25, 0.3) is 22.2 Å². The molecule has 1 aliphatic heterocycles. The van der Waals surface area contributed by atoms with Gasteiger partial charge in [0.25, 0.3) is 5.91 Å². The molecule has 44 heavy (non-hydrogen) atoms. The van der Waals surface area contributed by atoms with Crippen molar-refractivity contribution >= 4 is 28.4 Å². The second kappa shape index (κ2) is 12.0. The van der Waals surface area contributed by atoms with Crippen LogP contribution in [-0.4, -0.2) is 45.9 Å². The van der Waals surface area contributed by atoms with Gasteiger partial charge in [0.1, 0.15) is 23.6 Å². The molecule has 6 rings (SSSR count). The highest BCUT2D eigenvalue weighted by Crippen LogP contribution is 2.47. The lowest BCUT2D eigenvalue weighted by Gasteiger charge is -2.25. The Balaban J connectivity index is 1.33. The fraction of sp³-hybridized carbons (Fsp3) is 0.371. The van der Waals surface area contributed by atoms with Gasteiger partial charge in [-0.2, -0.15) is 0 Å². The van der Waals surface area contributed by atoms with Crippen LogP contribution in [-0.2, 0) is 11.3 Å². The minimum Gasteiger partial charge on any atom is -0.497 e. The van der Waals surface area contributed by atoms with Gasteiger partial charge < -0.3 is 34.9 Å². The van der Waals surface area contributed by atoms with Crippen molar-refractivity contribution in [1.29, 1.82) is 0 Å². The molecule has 9 heteroatoms. The van der Waals surface area contributed by atoms with E-state index < -0.39 is 17.7 Å². The van der Waals surface area contributed by atoms with Gasteiger partial charge in [0.05, 0.1) is 19.3 Å². The van der Waals surface area contributed by atoms with Crippen LogP contribution in [0.2, 0.25) is 0 Å². The van der Waals surface area contributed by atoms with Gasteiger partial charge >= 0.3 is 0 Å². The predicted molar refractivity (Wildman–Crippen MR) is 169 cm³/mol. The maximum Gasteiger partial charge on any atom is 0.252 e. The summed E-state index contributed by atoms with van der Waals surface area (Å²) in [6, 6.07) is 18.0. The molecule has 1 aromatic heterocycles. The number of aliphatic hydroxyl groups excluding tert-OH is 1. The maximum atomic E-state index is 13.6. The van der Waals surface area contributed by atoms with Gasteiger partial charge in [0, 0.05) is 39.3 Å². The minimum atomic E-state index is -1.59. The first-order chi connectivity index (χ1) is 21.2.